The molecule has 1 saturated heterocycles. The highest BCUT2D eigenvalue weighted by Gasteiger charge is 2.20. The normalized spacial score (nSPS) is 18.3. The minimum atomic E-state index is -0.576. The van der Waals surface area contributed by atoms with Crippen molar-refractivity contribution in [1.29, 1.82) is 0 Å². The van der Waals surface area contributed by atoms with Gasteiger partial charge in [0.15, 0.2) is 0 Å². The maximum atomic E-state index is 11.2. The molecule has 0 saturated carbocycles. The van der Waals surface area contributed by atoms with E-state index in [4.69, 9.17) is 0 Å². The Kier molecular flexibility index (Phi) is 3.71. The lowest BCUT2D eigenvalue weighted by Gasteiger charge is -2.11. The van der Waals surface area contributed by atoms with Crippen LogP contribution in [0.25, 0.3) is 0 Å². The van der Waals surface area contributed by atoms with E-state index < -0.39 is 5.97 Å². The topological polar surface area (TPSA) is 93.2 Å². The molecule has 0 aromatic carbocycles. The van der Waals surface area contributed by atoms with Crippen LogP contribution in [0.15, 0.2) is 12.3 Å². The first kappa shape index (κ1) is 12.3. The van der Waals surface area contributed by atoms with Gasteiger partial charge in [-0.3, -0.25) is 4.79 Å². The number of hydrogen-bond acceptors (Lipinski definition) is 6. The zero-order valence-electron chi connectivity index (χ0n) is 9.97. The van der Waals surface area contributed by atoms with Crippen LogP contribution in [0.4, 0.5) is 5.82 Å². The summed E-state index contributed by atoms with van der Waals surface area (Å²) in [7, 11) is 1.28. The number of methoxy groups -OCH3 is 1. The molecular weight excluding hydrogens is 236 g/mol. The Morgan fingerprint density at radius 2 is 2.50 bits per heavy atom. The molecule has 2 rings (SSSR count). The number of esters is 1. The number of ether oxygens (including phenoxy) is 1. The number of nitrogens with zero attached hydrogens (tertiary/aromatic N) is 2. The standard InChI is InChI=1S/C11H14N4O3/c1-18-11(17)10-12-5-4-8(15-10)13-6-7-2-3-9(16)14-7/h4-5,7H,2-3,6H2,1H3,(H,14,16)(H,12,13,15). The van der Waals surface area contributed by atoms with Crippen molar-refractivity contribution >= 4 is 17.7 Å². The van der Waals surface area contributed by atoms with Gasteiger partial charge >= 0.3 is 5.97 Å². The van der Waals surface area contributed by atoms with Crippen molar-refractivity contribution in [3.63, 3.8) is 0 Å². The Bertz CT molecular complexity index is 463. The SMILES string of the molecule is COC(=O)c1nccc(NCC2CCC(=O)N2)n1. The third-order valence-corrected chi connectivity index (χ3v) is 2.64. The average molecular weight is 250 g/mol. The van der Waals surface area contributed by atoms with Gasteiger partial charge < -0.3 is 15.4 Å². The summed E-state index contributed by atoms with van der Waals surface area (Å²) in [6, 6.07) is 1.76. The van der Waals surface area contributed by atoms with Crippen LogP contribution in [0.1, 0.15) is 23.5 Å². The molecule has 1 atom stereocenters. The number of carbonyl (C=O) groups excluding carboxylic acids is 2. The van der Waals surface area contributed by atoms with E-state index in [-0.39, 0.29) is 17.8 Å². The van der Waals surface area contributed by atoms with Crippen LogP contribution in [0.3, 0.4) is 0 Å². The van der Waals surface area contributed by atoms with E-state index in [9.17, 15) is 9.59 Å². The maximum absolute atomic E-state index is 11.2. The van der Waals surface area contributed by atoms with Crippen molar-refractivity contribution in [1.82, 2.24) is 15.3 Å². The predicted molar refractivity (Wildman–Crippen MR) is 63.0 cm³/mol. The van der Waals surface area contributed by atoms with Gasteiger partial charge in [0.05, 0.1) is 7.11 Å². The summed E-state index contributed by atoms with van der Waals surface area (Å²) >= 11 is 0. The van der Waals surface area contributed by atoms with E-state index in [0.29, 0.717) is 18.8 Å². The van der Waals surface area contributed by atoms with Crippen molar-refractivity contribution in [2.45, 2.75) is 18.9 Å². The molecule has 1 aromatic heterocycles. The van der Waals surface area contributed by atoms with Crippen molar-refractivity contribution in [2.75, 3.05) is 19.0 Å². The summed E-state index contributed by atoms with van der Waals surface area (Å²) in [5.41, 5.74) is 0. The van der Waals surface area contributed by atoms with Crippen LogP contribution >= 0.6 is 0 Å². The zero-order chi connectivity index (χ0) is 13.0. The van der Waals surface area contributed by atoms with Gasteiger partial charge in [-0.2, -0.15) is 0 Å². The summed E-state index contributed by atoms with van der Waals surface area (Å²) in [6.45, 7) is 0.573. The van der Waals surface area contributed by atoms with Crippen molar-refractivity contribution in [3.05, 3.63) is 18.1 Å². The fraction of sp³-hybridized carbons (Fsp3) is 0.455. The Balaban J connectivity index is 1.93. The summed E-state index contributed by atoms with van der Waals surface area (Å²) in [6.07, 6.45) is 2.85. The van der Waals surface area contributed by atoms with Gasteiger partial charge in [-0.1, -0.05) is 0 Å². The lowest BCUT2D eigenvalue weighted by Crippen LogP contribution is -2.32. The van der Waals surface area contributed by atoms with Gasteiger partial charge in [0, 0.05) is 25.2 Å². The molecule has 1 fully saturated rings. The molecule has 2 heterocycles. The molecule has 7 heteroatoms. The van der Waals surface area contributed by atoms with E-state index in [1.807, 2.05) is 0 Å². The number of hydrogen-bond donors (Lipinski definition) is 2. The molecule has 1 amide bonds. The quantitative estimate of drug-likeness (QED) is 0.728. The van der Waals surface area contributed by atoms with Crippen LogP contribution < -0.4 is 10.6 Å². The molecule has 0 spiro atoms. The molecular formula is C11H14N4O3. The van der Waals surface area contributed by atoms with Crippen LogP contribution in [0, 0.1) is 0 Å². The molecule has 0 radical (unpaired) electrons. The van der Waals surface area contributed by atoms with Crippen LogP contribution in [0.2, 0.25) is 0 Å². The van der Waals surface area contributed by atoms with Crippen molar-refractivity contribution in [3.8, 4) is 0 Å². The lowest BCUT2D eigenvalue weighted by atomic mass is 10.2. The molecule has 2 N–H and O–H groups in total. The Morgan fingerprint density at radius 1 is 1.67 bits per heavy atom. The van der Waals surface area contributed by atoms with E-state index in [1.165, 1.54) is 13.3 Å². The number of anilines is 1. The number of carbonyl (C=O) groups is 2. The second kappa shape index (κ2) is 5.44. The first-order chi connectivity index (χ1) is 8.69. The van der Waals surface area contributed by atoms with Gasteiger partial charge in [0.2, 0.25) is 11.7 Å². The monoisotopic (exact) mass is 250 g/mol. The minimum Gasteiger partial charge on any atom is -0.463 e. The summed E-state index contributed by atoms with van der Waals surface area (Å²) in [5, 5.41) is 5.89. The fourth-order valence-electron chi connectivity index (χ4n) is 1.70. The Hall–Kier alpha value is -2.18. The fourth-order valence-corrected chi connectivity index (χ4v) is 1.70. The van der Waals surface area contributed by atoms with E-state index in [0.717, 1.165) is 6.42 Å². The third kappa shape index (κ3) is 2.93. The largest absolute Gasteiger partial charge is 0.463 e. The van der Waals surface area contributed by atoms with Crippen LogP contribution in [-0.4, -0.2) is 41.5 Å². The van der Waals surface area contributed by atoms with Crippen LogP contribution in [0.5, 0.6) is 0 Å². The zero-order valence-corrected chi connectivity index (χ0v) is 9.97. The number of nitrogens with one attached hydrogen (secondary N) is 2. The second-order valence-electron chi connectivity index (χ2n) is 3.94. The van der Waals surface area contributed by atoms with Gasteiger partial charge in [0.25, 0.3) is 0 Å². The highest BCUT2D eigenvalue weighted by Crippen LogP contribution is 2.08. The van der Waals surface area contributed by atoms with Gasteiger partial charge in [-0.15, -0.1) is 0 Å². The van der Waals surface area contributed by atoms with Crippen molar-refractivity contribution in [2.24, 2.45) is 0 Å². The van der Waals surface area contributed by atoms with Gasteiger partial charge in [-0.25, -0.2) is 14.8 Å². The Labute approximate surface area is 104 Å². The summed E-state index contributed by atoms with van der Waals surface area (Å²) < 4.78 is 4.53. The smallest absolute Gasteiger partial charge is 0.376 e. The van der Waals surface area contributed by atoms with E-state index >= 15 is 0 Å². The lowest BCUT2D eigenvalue weighted by molar-refractivity contribution is -0.119. The molecule has 1 aromatic rings. The number of aromatic nitrogens is 2. The van der Waals surface area contributed by atoms with E-state index in [1.54, 1.807) is 6.07 Å². The van der Waals surface area contributed by atoms with E-state index in [2.05, 4.69) is 25.3 Å². The van der Waals surface area contributed by atoms with Crippen molar-refractivity contribution < 1.29 is 14.3 Å². The highest BCUT2D eigenvalue weighted by molar-refractivity contribution is 5.85. The number of rotatable bonds is 4. The Morgan fingerprint density at radius 3 is 3.17 bits per heavy atom. The molecule has 0 bridgehead atoms. The van der Waals surface area contributed by atoms with Crippen LogP contribution in [-0.2, 0) is 9.53 Å². The molecule has 0 aliphatic carbocycles. The summed E-state index contributed by atoms with van der Waals surface area (Å²) in [4.78, 5) is 30.1. The van der Waals surface area contributed by atoms with Gasteiger partial charge in [0.1, 0.15) is 5.82 Å². The van der Waals surface area contributed by atoms with Gasteiger partial charge in [-0.05, 0) is 12.5 Å². The highest BCUT2D eigenvalue weighted by atomic mass is 16.5. The minimum absolute atomic E-state index is 0.0120. The third-order valence-electron chi connectivity index (χ3n) is 2.64. The number of amides is 1. The predicted octanol–water partition coefficient (Wildman–Crippen LogP) is -0.0463. The first-order valence-electron chi connectivity index (χ1n) is 5.63. The molecule has 18 heavy (non-hydrogen) atoms. The molecule has 96 valence electrons. The summed E-state index contributed by atoms with van der Waals surface area (Å²) in [5.74, 6) is 0.0389. The molecule has 1 aliphatic heterocycles. The average Bonchev–Trinajstić information content (AvgIpc) is 2.81. The first-order valence-corrected chi connectivity index (χ1v) is 5.63. The second-order valence-corrected chi connectivity index (χ2v) is 3.94. The molecule has 7 nitrogen and oxygen atoms in total. The maximum Gasteiger partial charge on any atom is 0.376 e. The molecule has 1 aliphatic rings. The molecule has 1 unspecified atom stereocenters.